The number of benzene rings is 9. The predicted molar refractivity (Wildman–Crippen MR) is 284 cm³/mol. The molecule has 8 heteroatoms. The van der Waals surface area contributed by atoms with E-state index in [1.807, 2.05) is 120 Å². The Morgan fingerprint density at radius 3 is 2.04 bits per heavy atom. The van der Waals surface area contributed by atoms with Gasteiger partial charge in [-0.3, -0.25) is 4.57 Å². The second-order valence-electron chi connectivity index (χ2n) is 18.2. The van der Waals surface area contributed by atoms with E-state index in [1.165, 1.54) is 6.07 Å². The molecule has 0 saturated heterocycles. The number of aromatic nitrogens is 4. The molecule has 0 spiro atoms. The number of ether oxygens (including phenoxy) is 2. The monoisotopic (exact) mass is 1120 g/mol. The number of nitrogens with zero attached hydrogens (tertiary/aromatic N) is 5. The number of rotatable bonds is 6. The van der Waals surface area contributed by atoms with Crippen LogP contribution in [0.5, 0.6) is 23.0 Å². The summed E-state index contributed by atoms with van der Waals surface area (Å²) in [7, 11) is 0. The first-order chi connectivity index (χ1) is 38.6. The van der Waals surface area contributed by atoms with Gasteiger partial charge in [0.05, 0.1) is 34.7 Å². The molecule has 0 unspecified atom stereocenters. The van der Waals surface area contributed by atoms with Crippen molar-refractivity contribution >= 4 is 49.9 Å². The molecule has 0 atom stereocenters. The van der Waals surface area contributed by atoms with Crippen molar-refractivity contribution in [1.29, 1.82) is 0 Å². The maximum absolute atomic E-state index is 9.18. The molecule has 1 aliphatic rings. The van der Waals surface area contributed by atoms with E-state index < -0.39 is 42.3 Å². The number of hydrogen-bond acceptors (Lipinski definition) is 4. The Labute approximate surface area is 445 Å². The summed E-state index contributed by atoms with van der Waals surface area (Å²) in [5, 5.41) is 2.00. The van der Waals surface area contributed by atoms with Crippen LogP contribution in [-0.2, 0) is 26.5 Å². The Morgan fingerprint density at radius 2 is 1.24 bits per heavy atom. The van der Waals surface area contributed by atoms with Crippen LogP contribution >= 0.6 is 0 Å². The van der Waals surface area contributed by atoms with E-state index >= 15 is 0 Å². The molecule has 3 aromatic heterocycles. The zero-order chi connectivity index (χ0) is 55.5. The van der Waals surface area contributed by atoms with Crippen molar-refractivity contribution in [3.63, 3.8) is 0 Å². The van der Waals surface area contributed by atoms with Crippen LogP contribution in [0.3, 0.4) is 0 Å². The Morgan fingerprint density at radius 1 is 0.569 bits per heavy atom. The maximum atomic E-state index is 9.18. The average Bonchev–Trinajstić information content (AvgIpc) is 4.28. The molecule has 0 bridgehead atoms. The zero-order valence-corrected chi connectivity index (χ0v) is 41.2. The molecular weight excluding hydrogens is 1070 g/mol. The van der Waals surface area contributed by atoms with Crippen LogP contribution in [0, 0.1) is 18.5 Å². The minimum atomic E-state index is -0.557. The number of hydrogen-bond donors (Lipinski definition) is 0. The van der Waals surface area contributed by atoms with Crippen molar-refractivity contribution in [1.82, 2.24) is 14.1 Å². The van der Waals surface area contributed by atoms with Gasteiger partial charge in [0.25, 0.3) is 6.33 Å². The van der Waals surface area contributed by atoms with Crippen molar-refractivity contribution in [2.75, 3.05) is 4.90 Å². The normalized spacial score (nSPS) is 13.9. The number of fused-ring (bicyclic) bond motifs is 7. The van der Waals surface area contributed by atoms with Crippen molar-refractivity contribution in [3.05, 3.63) is 242 Å². The van der Waals surface area contributed by atoms with Crippen LogP contribution in [0.25, 0.3) is 72.3 Å². The van der Waals surface area contributed by atoms with Crippen molar-refractivity contribution in [2.24, 2.45) is 0 Å². The van der Waals surface area contributed by atoms with Crippen molar-refractivity contribution in [2.45, 2.75) is 26.2 Å². The molecule has 0 aliphatic carbocycles. The summed E-state index contributed by atoms with van der Waals surface area (Å²) in [6, 6.07) is 52.8. The van der Waals surface area contributed by atoms with Gasteiger partial charge >= 0.3 is 0 Å². The summed E-state index contributed by atoms with van der Waals surface area (Å²) in [6.45, 7) is 6.54. The van der Waals surface area contributed by atoms with Gasteiger partial charge in [-0.1, -0.05) is 177 Å². The fourth-order valence-corrected chi connectivity index (χ4v) is 9.47. The molecular formula is C64H45N5O2Pt-2. The second kappa shape index (κ2) is 18.0. The van der Waals surface area contributed by atoms with E-state index in [9.17, 15) is 2.74 Å². The average molecular weight is 1120 g/mol. The molecule has 1 aliphatic heterocycles. The molecule has 9 aromatic carbocycles. The summed E-state index contributed by atoms with van der Waals surface area (Å²) in [6.07, 6.45) is 5.40. The first kappa shape index (κ1) is 35.6. The van der Waals surface area contributed by atoms with Crippen LogP contribution < -0.4 is 18.9 Å². The van der Waals surface area contributed by atoms with Crippen LogP contribution in [0.1, 0.15) is 38.7 Å². The maximum Gasteiger partial charge on any atom is 0.268 e. The molecule has 0 saturated carbocycles. The molecule has 13 rings (SSSR count). The third-order valence-corrected chi connectivity index (χ3v) is 12.8. The standard InChI is InChI=1S/C64H45N5O2.Pt/c1-64(2,3)45-37-38-65-62(39-45)69-52-26-11-10-23-50(52)51-35-33-47(41-56(51)69)68-55-29-14-15-30-58(55)70-60-31-16-17-32-61(60)71-59-36-34-46(40-57(59)68)66-42-67(54-28-13-12-27-53(54)66)63-48(43-19-6-4-7-20-43)24-18-25-49(63)44-21-8-5-9-22-44;/h4-39H,1-3H3;/q-2;/i4D,5D,6D,7D,8D,9D,19D,20D,21D;. The quantitative estimate of drug-likeness (QED) is 0.123. The fourth-order valence-electron chi connectivity index (χ4n) is 9.47. The van der Waals surface area contributed by atoms with Gasteiger partial charge in [-0.15, -0.1) is 29.7 Å². The van der Waals surface area contributed by atoms with Crippen molar-refractivity contribution in [3.8, 4) is 62.4 Å². The molecule has 350 valence electrons. The molecule has 12 aromatic rings. The first-order valence-corrected chi connectivity index (χ1v) is 23.1. The summed E-state index contributed by atoms with van der Waals surface area (Å²) in [5.74, 6) is 2.64. The molecule has 7 nitrogen and oxygen atoms in total. The Bertz CT molecular complexity index is 4550. The van der Waals surface area contributed by atoms with E-state index in [4.69, 9.17) is 24.1 Å². The third-order valence-electron chi connectivity index (χ3n) is 12.8. The smallest absolute Gasteiger partial charge is 0.268 e. The first-order valence-electron chi connectivity index (χ1n) is 27.6. The number of imidazole rings is 1. The van der Waals surface area contributed by atoms with Gasteiger partial charge in [0, 0.05) is 38.5 Å². The van der Waals surface area contributed by atoms with Crippen LogP contribution in [-0.4, -0.2) is 14.1 Å². The minimum Gasteiger partial charge on any atom is -0.511 e. The largest absolute Gasteiger partial charge is 0.511 e. The van der Waals surface area contributed by atoms with E-state index in [-0.39, 0.29) is 60.9 Å². The van der Waals surface area contributed by atoms with E-state index in [1.54, 1.807) is 27.3 Å². The minimum absolute atomic E-state index is 0. The summed E-state index contributed by atoms with van der Waals surface area (Å²) >= 11 is 0. The fraction of sp³-hybridized carbons (Fsp3) is 0.0625. The summed E-state index contributed by atoms with van der Waals surface area (Å²) < 4.78 is 98.5. The summed E-state index contributed by atoms with van der Waals surface area (Å²) in [4.78, 5) is 6.95. The Kier molecular flexibility index (Phi) is 8.90. The molecule has 0 amide bonds. The Hall–Kier alpha value is -8.51. The Balaban J connectivity index is 0.00000651. The molecule has 72 heavy (non-hydrogen) atoms. The van der Waals surface area contributed by atoms with Crippen LogP contribution in [0.4, 0.5) is 17.1 Å². The topological polar surface area (TPSA) is 48.3 Å². The molecule has 0 radical (unpaired) electrons. The van der Waals surface area contributed by atoms with Gasteiger partial charge in [0.15, 0.2) is 17.2 Å². The molecule has 0 fully saturated rings. The molecule has 4 heterocycles. The van der Waals surface area contributed by atoms with Gasteiger partial charge in [0.1, 0.15) is 5.82 Å². The van der Waals surface area contributed by atoms with E-state index in [0.29, 0.717) is 62.3 Å². The van der Waals surface area contributed by atoms with Crippen LogP contribution in [0.15, 0.2) is 218 Å². The van der Waals surface area contributed by atoms with Gasteiger partial charge in [-0.05, 0) is 92.5 Å². The molecule has 0 N–H and O–H groups in total. The van der Waals surface area contributed by atoms with Crippen molar-refractivity contribution < 1.29 is 47.4 Å². The zero-order valence-electron chi connectivity index (χ0n) is 48.0. The summed E-state index contributed by atoms with van der Waals surface area (Å²) in [5.41, 5.74) is 6.89. The third kappa shape index (κ3) is 7.65. The van der Waals surface area contributed by atoms with Crippen LogP contribution in [0.2, 0.25) is 0 Å². The van der Waals surface area contributed by atoms with Gasteiger partial charge in [-0.2, -0.15) is 12.1 Å². The van der Waals surface area contributed by atoms with E-state index in [2.05, 4.69) is 68.1 Å². The van der Waals surface area contributed by atoms with Gasteiger partial charge < -0.3 is 23.5 Å². The number of pyridine rings is 1. The SMILES string of the molecule is [2H]c1cc(-c2cccc(-c3c([2H])c([2H])c([2H])c([2H])c3[2H])c2-[n+]2[c-]n(-c3[c-]c4c(cc3)Oc3ccccc3Oc3ccccc3N4c3[c-]c4c(cc3)c3ccccc3n4-c3cc(C(C)(C)C)ccn3)c3ccccc32)c([2H])c([2H])c1[2H].[Pt]. The number of anilines is 3. The second-order valence-corrected chi connectivity index (χ2v) is 18.2. The van der Waals surface area contributed by atoms with E-state index in [0.717, 1.165) is 33.2 Å². The van der Waals surface area contributed by atoms with Gasteiger partial charge in [-0.25, -0.2) is 4.98 Å². The number of para-hydroxylation sites is 8. The predicted octanol–water partition coefficient (Wildman–Crippen LogP) is 15.8. The van der Waals surface area contributed by atoms with Gasteiger partial charge in [0.2, 0.25) is 0 Å².